The third kappa shape index (κ3) is 4.44. The number of carbonyl (C=O) groups is 2. The maximum absolute atomic E-state index is 12.9. The Bertz CT molecular complexity index is 797. The summed E-state index contributed by atoms with van der Waals surface area (Å²) >= 11 is 0. The van der Waals surface area contributed by atoms with Crippen LogP contribution in [-0.4, -0.2) is 24.6 Å². The number of rotatable bonds is 7. The second kappa shape index (κ2) is 9.05. The number of aryl methyl sites for hydroxylation is 2. The average Bonchev–Trinajstić information content (AvgIpc) is 3.11. The van der Waals surface area contributed by atoms with Gasteiger partial charge in [-0.25, -0.2) is 4.79 Å². The normalized spacial score (nSPS) is 21.3. The molecular formula is C24H28O4. The minimum absolute atomic E-state index is 0.245. The number of ether oxygens (including phenoxy) is 2. The zero-order valence-electron chi connectivity index (χ0n) is 16.6. The first-order chi connectivity index (χ1) is 13.5. The van der Waals surface area contributed by atoms with Gasteiger partial charge in [0.15, 0.2) is 0 Å². The van der Waals surface area contributed by atoms with Crippen LogP contribution in [0, 0.1) is 12.3 Å². The Morgan fingerprint density at radius 1 is 1.07 bits per heavy atom. The summed E-state index contributed by atoms with van der Waals surface area (Å²) in [6.45, 7) is 4.11. The standard InChI is InChI=1S/C24H28O4/c1-3-27-23(26)24(17-15-19-8-5-4-6-9-19)16-7-10-21(24)28-22(25)20-13-11-18(2)12-14-20/h4-6,8-9,11-14,21H,3,7,10,15-17H2,1-2H3. The minimum atomic E-state index is -0.772. The van der Waals surface area contributed by atoms with E-state index in [1.807, 2.05) is 44.2 Å². The van der Waals surface area contributed by atoms with E-state index in [2.05, 4.69) is 12.1 Å². The molecule has 0 radical (unpaired) electrons. The smallest absolute Gasteiger partial charge is 0.338 e. The summed E-state index contributed by atoms with van der Waals surface area (Å²) in [7, 11) is 0. The molecule has 2 unspecified atom stereocenters. The Balaban J connectivity index is 1.79. The van der Waals surface area contributed by atoms with Gasteiger partial charge in [-0.3, -0.25) is 4.79 Å². The molecule has 4 heteroatoms. The molecule has 0 aliphatic heterocycles. The lowest BCUT2D eigenvalue weighted by molar-refractivity contribution is -0.161. The molecule has 3 rings (SSSR count). The van der Waals surface area contributed by atoms with E-state index >= 15 is 0 Å². The summed E-state index contributed by atoms with van der Waals surface area (Å²) < 4.78 is 11.3. The van der Waals surface area contributed by atoms with Crippen LogP contribution in [0.25, 0.3) is 0 Å². The van der Waals surface area contributed by atoms with E-state index < -0.39 is 11.5 Å². The largest absolute Gasteiger partial charge is 0.465 e. The molecule has 0 aromatic heterocycles. The summed E-state index contributed by atoms with van der Waals surface area (Å²) in [5, 5.41) is 0. The van der Waals surface area contributed by atoms with Gasteiger partial charge >= 0.3 is 11.9 Å². The minimum Gasteiger partial charge on any atom is -0.465 e. The van der Waals surface area contributed by atoms with Gasteiger partial charge in [0.1, 0.15) is 11.5 Å². The number of benzene rings is 2. The van der Waals surface area contributed by atoms with E-state index in [4.69, 9.17) is 9.47 Å². The van der Waals surface area contributed by atoms with Gasteiger partial charge in [0.05, 0.1) is 12.2 Å². The SMILES string of the molecule is CCOC(=O)C1(CCc2ccccc2)CCCC1OC(=O)c1ccc(C)cc1. The van der Waals surface area contributed by atoms with E-state index in [1.54, 1.807) is 12.1 Å². The molecule has 2 aromatic rings. The van der Waals surface area contributed by atoms with Crippen LogP contribution in [0.15, 0.2) is 54.6 Å². The van der Waals surface area contributed by atoms with Crippen molar-refractivity contribution in [1.29, 1.82) is 0 Å². The topological polar surface area (TPSA) is 52.6 Å². The molecule has 0 saturated heterocycles. The molecule has 0 N–H and O–H groups in total. The zero-order valence-corrected chi connectivity index (χ0v) is 16.6. The zero-order chi connectivity index (χ0) is 20.0. The monoisotopic (exact) mass is 380 g/mol. The third-order valence-electron chi connectivity index (χ3n) is 5.63. The van der Waals surface area contributed by atoms with Crippen molar-refractivity contribution >= 4 is 11.9 Å². The molecule has 0 heterocycles. The summed E-state index contributed by atoms with van der Waals surface area (Å²) in [6.07, 6.45) is 3.12. The molecule has 148 valence electrons. The van der Waals surface area contributed by atoms with Crippen molar-refractivity contribution in [2.45, 2.75) is 52.1 Å². The summed E-state index contributed by atoms with van der Waals surface area (Å²) in [5.41, 5.74) is 1.99. The van der Waals surface area contributed by atoms with Crippen molar-refractivity contribution in [3.8, 4) is 0 Å². The molecule has 1 fully saturated rings. The van der Waals surface area contributed by atoms with Crippen LogP contribution in [-0.2, 0) is 20.7 Å². The lowest BCUT2D eigenvalue weighted by atomic mass is 9.78. The molecule has 2 aromatic carbocycles. The van der Waals surface area contributed by atoms with Crippen molar-refractivity contribution in [2.75, 3.05) is 6.61 Å². The number of carbonyl (C=O) groups excluding carboxylic acids is 2. The van der Waals surface area contributed by atoms with Gasteiger partial charge in [-0.15, -0.1) is 0 Å². The van der Waals surface area contributed by atoms with Crippen LogP contribution in [0.2, 0.25) is 0 Å². The molecule has 0 spiro atoms. The first kappa shape index (κ1) is 20.1. The first-order valence-electron chi connectivity index (χ1n) is 10.0. The molecule has 28 heavy (non-hydrogen) atoms. The molecule has 0 bridgehead atoms. The van der Waals surface area contributed by atoms with E-state index in [1.165, 1.54) is 5.56 Å². The maximum Gasteiger partial charge on any atom is 0.338 e. The van der Waals surface area contributed by atoms with Crippen molar-refractivity contribution in [3.63, 3.8) is 0 Å². The molecule has 0 amide bonds. The highest BCUT2D eigenvalue weighted by Gasteiger charge is 2.52. The second-order valence-corrected chi connectivity index (χ2v) is 7.51. The van der Waals surface area contributed by atoms with Crippen molar-refractivity contribution in [2.24, 2.45) is 5.41 Å². The number of esters is 2. The van der Waals surface area contributed by atoms with Gasteiger partial charge in [0.25, 0.3) is 0 Å². The van der Waals surface area contributed by atoms with Gasteiger partial charge in [-0.05, 0) is 63.6 Å². The van der Waals surface area contributed by atoms with E-state index in [-0.39, 0.29) is 11.9 Å². The lowest BCUT2D eigenvalue weighted by Crippen LogP contribution is -2.42. The predicted octanol–water partition coefficient (Wildman–Crippen LogP) is 4.89. The Hall–Kier alpha value is -2.62. The molecule has 1 aliphatic carbocycles. The van der Waals surface area contributed by atoms with Crippen LogP contribution in [0.4, 0.5) is 0 Å². The highest BCUT2D eigenvalue weighted by molar-refractivity contribution is 5.90. The third-order valence-corrected chi connectivity index (χ3v) is 5.63. The molecular weight excluding hydrogens is 352 g/mol. The Morgan fingerprint density at radius 3 is 2.46 bits per heavy atom. The summed E-state index contributed by atoms with van der Waals surface area (Å²) in [6, 6.07) is 17.4. The Morgan fingerprint density at radius 2 is 1.79 bits per heavy atom. The number of hydrogen-bond donors (Lipinski definition) is 0. The van der Waals surface area contributed by atoms with Crippen LogP contribution < -0.4 is 0 Å². The van der Waals surface area contributed by atoms with Crippen molar-refractivity contribution < 1.29 is 19.1 Å². The van der Waals surface area contributed by atoms with E-state index in [0.717, 1.165) is 18.4 Å². The molecule has 1 aliphatic rings. The van der Waals surface area contributed by atoms with Gasteiger partial charge in [-0.1, -0.05) is 48.0 Å². The van der Waals surface area contributed by atoms with Crippen molar-refractivity contribution in [3.05, 3.63) is 71.3 Å². The quantitative estimate of drug-likeness (QED) is 0.642. The lowest BCUT2D eigenvalue weighted by Gasteiger charge is -2.32. The second-order valence-electron chi connectivity index (χ2n) is 7.51. The summed E-state index contributed by atoms with van der Waals surface area (Å²) in [5.74, 6) is -0.620. The first-order valence-corrected chi connectivity index (χ1v) is 10.0. The van der Waals surface area contributed by atoms with Gasteiger partial charge in [0, 0.05) is 0 Å². The maximum atomic E-state index is 12.9. The predicted molar refractivity (Wildman–Crippen MR) is 108 cm³/mol. The highest BCUT2D eigenvalue weighted by atomic mass is 16.6. The molecule has 2 atom stereocenters. The fraction of sp³-hybridized carbons (Fsp3) is 0.417. The fourth-order valence-corrected chi connectivity index (χ4v) is 4.01. The van der Waals surface area contributed by atoms with Crippen molar-refractivity contribution in [1.82, 2.24) is 0 Å². The molecule has 4 nitrogen and oxygen atoms in total. The van der Waals surface area contributed by atoms with Crippen LogP contribution in [0.1, 0.15) is 54.1 Å². The van der Waals surface area contributed by atoms with Gasteiger partial charge in [-0.2, -0.15) is 0 Å². The van der Waals surface area contributed by atoms with Crippen LogP contribution in [0.3, 0.4) is 0 Å². The van der Waals surface area contributed by atoms with Crippen LogP contribution >= 0.6 is 0 Å². The van der Waals surface area contributed by atoms with Gasteiger partial charge in [0.2, 0.25) is 0 Å². The van der Waals surface area contributed by atoms with Crippen LogP contribution in [0.5, 0.6) is 0 Å². The number of hydrogen-bond acceptors (Lipinski definition) is 4. The Kier molecular flexibility index (Phi) is 6.50. The fourth-order valence-electron chi connectivity index (χ4n) is 4.01. The average molecular weight is 380 g/mol. The summed E-state index contributed by atoms with van der Waals surface area (Å²) in [4.78, 5) is 25.6. The Labute approximate surface area is 166 Å². The van der Waals surface area contributed by atoms with E-state index in [9.17, 15) is 9.59 Å². The van der Waals surface area contributed by atoms with Gasteiger partial charge < -0.3 is 9.47 Å². The molecule has 1 saturated carbocycles. The van der Waals surface area contributed by atoms with E-state index in [0.29, 0.717) is 31.4 Å². The highest BCUT2D eigenvalue weighted by Crippen LogP contribution is 2.45.